The third-order valence-corrected chi connectivity index (χ3v) is 3.36. The molecule has 0 unspecified atom stereocenters. The van der Waals surface area contributed by atoms with Crippen molar-refractivity contribution < 1.29 is 4.79 Å². The predicted molar refractivity (Wildman–Crippen MR) is 77.7 cm³/mol. The zero-order valence-corrected chi connectivity index (χ0v) is 11.6. The number of nitrogens with one attached hydrogen (secondary N) is 1. The lowest BCUT2D eigenvalue weighted by Crippen LogP contribution is -2.41. The molecule has 0 spiro atoms. The molecule has 1 aliphatic carbocycles. The molecule has 2 amide bonds. The number of hydrogen-bond donors (Lipinski definition) is 2. The summed E-state index contributed by atoms with van der Waals surface area (Å²) in [5.74, 6) is 0. The lowest BCUT2D eigenvalue weighted by atomic mass is 10.2. The van der Waals surface area contributed by atoms with Crippen molar-refractivity contribution in [3.05, 3.63) is 29.8 Å². The van der Waals surface area contributed by atoms with Crippen LogP contribution in [-0.4, -0.2) is 23.5 Å². The van der Waals surface area contributed by atoms with E-state index in [1.807, 2.05) is 29.2 Å². The second kappa shape index (κ2) is 6.45. The van der Waals surface area contributed by atoms with E-state index in [1.54, 1.807) is 0 Å². The van der Waals surface area contributed by atoms with E-state index < -0.39 is 0 Å². The molecule has 1 aromatic carbocycles. The van der Waals surface area contributed by atoms with Gasteiger partial charge in [0.15, 0.2) is 0 Å². The largest absolute Gasteiger partial charge is 0.399 e. The standard InChI is InChI=1S/C15H23N3O/c1-2-3-9-17-15(19)18(14-7-8-14)11-12-5-4-6-13(16)10-12/h4-6,10,14H,2-3,7-9,11,16H2,1H3,(H,17,19). The quantitative estimate of drug-likeness (QED) is 0.611. The number of nitrogens with zero attached hydrogens (tertiary/aromatic N) is 1. The Morgan fingerprint density at radius 3 is 2.89 bits per heavy atom. The Morgan fingerprint density at radius 1 is 1.47 bits per heavy atom. The van der Waals surface area contributed by atoms with Gasteiger partial charge in [-0.2, -0.15) is 0 Å². The Labute approximate surface area is 115 Å². The highest BCUT2D eigenvalue weighted by Crippen LogP contribution is 2.28. The molecule has 104 valence electrons. The summed E-state index contributed by atoms with van der Waals surface area (Å²) >= 11 is 0. The monoisotopic (exact) mass is 261 g/mol. The van der Waals surface area contributed by atoms with Gasteiger partial charge in [-0.05, 0) is 37.0 Å². The van der Waals surface area contributed by atoms with E-state index in [0.29, 0.717) is 12.6 Å². The average Bonchev–Trinajstić information content (AvgIpc) is 3.20. The fourth-order valence-electron chi connectivity index (χ4n) is 2.11. The fourth-order valence-corrected chi connectivity index (χ4v) is 2.11. The van der Waals surface area contributed by atoms with Gasteiger partial charge in [0.25, 0.3) is 0 Å². The number of unbranched alkanes of at least 4 members (excludes halogenated alkanes) is 1. The van der Waals surface area contributed by atoms with Gasteiger partial charge < -0.3 is 16.0 Å². The van der Waals surface area contributed by atoms with E-state index in [2.05, 4.69) is 12.2 Å². The highest BCUT2D eigenvalue weighted by atomic mass is 16.2. The number of anilines is 1. The minimum atomic E-state index is 0.0541. The summed E-state index contributed by atoms with van der Waals surface area (Å²) in [6, 6.07) is 8.22. The number of nitrogen functional groups attached to an aromatic ring is 1. The molecule has 0 atom stereocenters. The van der Waals surface area contributed by atoms with Crippen LogP contribution in [-0.2, 0) is 6.54 Å². The van der Waals surface area contributed by atoms with Crippen molar-refractivity contribution >= 4 is 11.7 Å². The van der Waals surface area contributed by atoms with Gasteiger partial charge in [-0.15, -0.1) is 0 Å². The zero-order chi connectivity index (χ0) is 13.7. The van der Waals surface area contributed by atoms with Crippen LogP contribution in [0.3, 0.4) is 0 Å². The molecule has 1 saturated carbocycles. The van der Waals surface area contributed by atoms with Crippen molar-refractivity contribution in [3.8, 4) is 0 Å². The van der Waals surface area contributed by atoms with E-state index >= 15 is 0 Å². The first-order valence-electron chi connectivity index (χ1n) is 7.09. The van der Waals surface area contributed by atoms with Crippen LogP contribution < -0.4 is 11.1 Å². The van der Waals surface area contributed by atoms with Crippen molar-refractivity contribution in [1.82, 2.24) is 10.2 Å². The molecule has 1 aliphatic rings. The van der Waals surface area contributed by atoms with Crippen molar-refractivity contribution in [1.29, 1.82) is 0 Å². The summed E-state index contributed by atoms with van der Waals surface area (Å²) in [5.41, 5.74) is 7.63. The molecular formula is C15H23N3O. The Morgan fingerprint density at radius 2 is 2.26 bits per heavy atom. The summed E-state index contributed by atoms with van der Waals surface area (Å²) in [7, 11) is 0. The molecule has 0 saturated heterocycles. The van der Waals surface area contributed by atoms with Crippen LogP contribution in [0.5, 0.6) is 0 Å². The maximum atomic E-state index is 12.2. The Balaban J connectivity index is 1.94. The van der Waals surface area contributed by atoms with E-state index in [9.17, 15) is 4.79 Å². The summed E-state index contributed by atoms with van der Waals surface area (Å²) in [4.78, 5) is 14.1. The molecule has 1 fully saturated rings. The van der Waals surface area contributed by atoms with E-state index in [1.165, 1.54) is 0 Å². The van der Waals surface area contributed by atoms with Crippen molar-refractivity contribution in [3.63, 3.8) is 0 Å². The topological polar surface area (TPSA) is 58.4 Å². The van der Waals surface area contributed by atoms with Crippen LogP contribution in [0.25, 0.3) is 0 Å². The Bertz CT molecular complexity index is 429. The lowest BCUT2D eigenvalue weighted by Gasteiger charge is -2.23. The molecule has 3 N–H and O–H groups in total. The summed E-state index contributed by atoms with van der Waals surface area (Å²) < 4.78 is 0. The number of nitrogens with two attached hydrogens (primary N) is 1. The highest BCUT2D eigenvalue weighted by molar-refractivity contribution is 5.75. The third kappa shape index (κ3) is 4.16. The van der Waals surface area contributed by atoms with Crippen LogP contribution in [0.15, 0.2) is 24.3 Å². The van der Waals surface area contributed by atoms with Crippen LogP contribution in [0.2, 0.25) is 0 Å². The molecule has 0 heterocycles. The number of hydrogen-bond acceptors (Lipinski definition) is 2. The van der Waals surface area contributed by atoms with Gasteiger partial charge >= 0.3 is 6.03 Å². The van der Waals surface area contributed by atoms with Gasteiger partial charge in [-0.1, -0.05) is 25.5 Å². The van der Waals surface area contributed by atoms with Crippen LogP contribution in [0.4, 0.5) is 10.5 Å². The molecule has 4 nitrogen and oxygen atoms in total. The molecule has 0 radical (unpaired) electrons. The fraction of sp³-hybridized carbons (Fsp3) is 0.533. The Hall–Kier alpha value is -1.71. The third-order valence-electron chi connectivity index (χ3n) is 3.36. The van der Waals surface area contributed by atoms with Gasteiger partial charge in [0.1, 0.15) is 0 Å². The van der Waals surface area contributed by atoms with Crippen LogP contribution >= 0.6 is 0 Å². The van der Waals surface area contributed by atoms with E-state index in [4.69, 9.17) is 5.73 Å². The molecule has 1 aromatic rings. The second-order valence-corrected chi connectivity index (χ2v) is 5.19. The maximum absolute atomic E-state index is 12.2. The van der Waals surface area contributed by atoms with Crippen LogP contribution in [0.1, 0.15) is 38.2 Å². The molecule has 19 heavy (non-hydrogen) atoms. The Kier molecular flexibility index (Phi) is 4.66. The molecule has 4 heteroatoms. The molecular weight excluding hydrogens is 238 g/mol. The number of urea groups is 1. The van der Waals surface area contributed by atoms with Gasteiger partial charge in [0.2, 0.25) is 0 Å². The minimum absolute atomic E-state index is 0.0541. The highest BCUT2D eigenvalue weighted by Gasteiger charge is 2.32. The van der Waals surface area contributed by atoms with Crippen molar-refractivity contribution in [2.45, 2.75) is 45.2 Å². The summed E-state index contributed by atoms with van der Waals surface area (Å²) in [5, 5.41) is 3.00. The zero-order valence-electron chi connectivity index (χ0n) is 11.6. The van der Waals surface area contributed by atoms with Crippen LogP contribution in [0, 0.1) is 0 Å². The first kappa shape index (κ1) is 13.7. The number of rotatable bonds is 6. The number of carbonyl (C=O) groups is 1. The first-order valence-corrected chi connectivity index (χ1v) is 7.09. The van der Waals surface area contributed by atoms with Gasteiger partial charge in [-0.3, -0.25) is 0 Å². The van der Waals surface area contributed by atoms with Crippen molar-refractivity contribution in [2.24, 2.45) is 0 Å². The normalized spacial score (nSPS) is 14.2. The van der Waals surface area contributed by atoms with E-state index in [0.717, 1.165) is 43.5 Å². The maximum Gasteiger partial charge on any atom is 0.317 e. The molecule has 0 aromatic heterocycles. The minimum Gasteiger partial charge on any atom is -0.399 e. The van der Waals surface area contributed by atoms with Gasteiger partial charge in [-0.25, -0.2) is 4.79 Å². The predicted octanol–water partition coefficient (Wildman–Crippen LogP) is 2.74. The average molecular weight is 261 g/mol. The molecule has 0 aliphatic heterocycles. The number of carbonyl (C=O) groups excluding carboxylic acids is 1. The van der Waals surface area contributed by atoms with Gasteiger partial charge in [0.05, 0.1) is 0 Å². The second-order valence-electron chi connectivity index (χ2n) is 5.19. The van der Waals surface area contributed by atoms with Gasteiger partial charge in [0, 0.05) is 24.8 Å². The van der Waals surface area contributed by atoms with E-state index in [-0.39, 0.29) is 6.03 Å². The smallest absolute Gasteiger partial charge is 0.317 e. The lowest BCUT2D eigenvalue weighted by molar-refractivity contribution is 0.192. The SMILES string of the molecule is CCCCNC(=O)N(Cc1cccc(N)c1)C1CC1. The number of benzene rings is 1. The number of amides is 2. The summed E-state index contributed by atoms with van der Waals surface area (Å²) in [6.45, 7) is 3.53. The molecule has 2 rings (SSSR count). The first-order chi connectivity index (χ1) is 9.20. The molecule has 0 bridgehead atoms. The summed E-state index contributed by atoms with van der Waals surface area (Å²) in [6.07, 6.45) is 4.36. The van der Waals surface area contributed by atoms with Crippen molar-refractivity contribution in [2.75, 3.05) is 12.3 Å².